The minimum Gasteiger partial charge on any atom is -0.495 e. The van der Waals surface area contributed by atoms with E-state index in [-0.39, 0.29) is 47.1 Å². The second-order valence-electron chi connectivity index (χ2n) is 17.5. The summed E-state index contributed by atoms with van der Waals surface area (Å²) in [7, 11) is 8.68. The van der Waals surface area contributed by atoms with Gasteiger partial charge in [0.2, 0.25) is 16.9 Å². The van der Waals surface area contributed by atoms with Crippen LogP contribution in [0.4, 0.5) is 10.5 Å². The standard InChI is InChI=1S/C43H64ClN3O10S2/c1-25-15-14-16-34(55-13)43(53)24-33(57-40(52)45-43)27(3)20-26(2)31(23-36(49)47(11)30-21-29(19-25)22-32(54-12)37(30)44)56-38(50)28(4)46(10)35(48)17-18-42(8,9)59-58-39(51)41(5,6)7/h14-16,21-22,26-28,31,33-34,53H,17-20,23-24H2,1-13H3,(H,45,52)/b16-14+,25-15+/t26-,27-,28-,31-,33-,34+,43-/m0/s1. The van der Waals surface area contributed by atoms with E-state index in [1.165, 1.54) is 52.7 Å². The number of hydrogen-bond acceptors (Lipinski definition) is 12. The molecular weight excluding hydrogens is 818 g/mol. The van der Waals surface area contributed by atoms with E-state index in [0.717, 1.165) is 11.1 Å². The molecule has 1 aromatic rings. The number of ether oxygens (including phenoxy) is 4. The van der Waals surface area contributed by atoms with Crippen LogP contribution in [0.3, 0.4) is 0 Å². The number of nitrogens with one attached hydrogen (secondary N) is 1. The van der Waals surface area contributed by atoms with Crippen LogP contribution in [0.25, 0.3) is 0 Å². The highest BCUT2D eigenvalue weighted by Crippen LogP contribution is 2.43. The van der Waals surface area contributed by atoms with Gasteiger partial charge in [-0.15, -0.1) is 0 Å². The number of anilines is 1. The smallest absolute Gasteiger partial charge is 0.409 e. The number of methoxy groups -OCH3 is 2. The maximum absolute atomic E-state index is 14.2. The van der Waals surface area contributed by atoms with Crippen LogP contribution in [0.1, 0.15) is 100.0 Å². The fourth-order valence-electron chi connectivity index (χ4n) is 6.73. The Bertz CT molecular complexity index is 1760. The van der Waals surface area contributed by atoms with Gasteiger partial charge in [0.15, 0.2) is 5.72 Å². The van der Waals surface area contributed by atoms with Gasteiger partial charge >= 0.3 is 12.1 Å². The molecule has 16 heteroatoms. The van der Waals surface area contributed by atoms with Crippen LogP contribution in [0.2, 0.25) is 5.02 Å². The van der Waals surface area contributed by atoms with Crippen molar-refractivity contribution in [2.45, 2.75) is 136 Å². The molecule has 3 rings (SSSR count). The second kappa shape index (κ2) is 21.0. The van der Waals surface area contributed by atoms with E-state index < -0.39 is 58.2 Å². The maximum Gasteiger partial charge on any atom is 0.409 e. The van der Waals surface area contributed by atoms with Crippen molar-refractivity contribution in [3.63, 3.8) is 0 Å². The molecule has 13 nitrogen and oxygen atoms in total. The molecule has 2 aliphatic rings. The number of alkyl carbamates (subject to hydrolysis) is 1. The van der Waals surface area contributed by atoms with Crippen molar-refractivity contribution < 1.29 is 48.0 Å². The quantitative estimate of drug-likeness (QED) is 0.173. The fraction of sp³-hybridized carbons (Fsp3) is 0.651. The zero-order valence-electron chi connectivity index (χ0n) is 36.8. The average molecular weight is 883 g/mol. The summed E-state index contributed by atoms with van der Waals surface area (Å²) in [5.74, 6) is -1.80. The molecule has 7 atom stereocenters. The molecule has 3 amide bonds. The number of aliphatic hydroxyl groups is 1. The summed E-state index contributed by atoms with van der Waals surface area (Å²) in [6.45, 7) is 16.7. The molecule has 330 valence electrons. The number of carbonyl (C=O) groups is 5. The number of hydrogen-bond donors (Lipinski definition) is 2. The van der Waals surface area contributed by atoms with Gasteiger partial charge < -0.3 is 33.9 Å². The summed E-state index contributed by atoms with van der Waals surface area (Å²) in [5, 5.41) is 14.6. The Hall–Kier alpha value is -3.24. The fourth-order valence-corrected chi connectivity index (χ4v) is 9.68. The van der Waals surface area contributed by atoms with Gasteiger partial charge in [0.1, 0.15) is 35.1 Å². The highest BCUT2D eigenvalue weighted by Gasteiger charge is 2.47. The van der Waals surface area contributed by atoms with Gasteiger partial charge in [0.25, 0.3) is 0 Å². The molecule has 1 saturated heterocycles. The van der Waals surface area contributed by atoms with Crippen molar-refractivity contribution in [2.75, 3.05) is 33.2 Å². The van der Waals surface area contributed by atoms with Gasteiger partial charge in [-0.25, -0.2) is 9.59 Å². The van der Waals surface area contributed by atoms with Crippen molar-refractivity contribution in [2.24, 2.45) is 17.3 Å². The number of esters is 1. The zero-order valence-corrected chi connectivity index (χ0v) is 39.2. The molecule has 2 aliphatic heterocycles. The highest BCUT2D eigenvalue weighted by molar-refractivity contribution is 8.82. The van der Waals surface area contributed by atoms with Gasteiger partial charge in [0.05, 0.1) is 19.2 Å². The monoisotopic (exact) mass is 881 g/mol. The summed E-state index contributed by atoms with van der Waals surface area (Å²) < 4.78 is 22.7. The summed E-state index contributed by atoms with van der Waals surface area (Å²) in [5.41, 5.74) is -0.126. The third-order valence-corrected chi connectivity index (χ3v) is 14.8. The number of fused-ring (bicyclic) bond motifs is 4. The van der Waals surface area contributed by atoms with E-state index in [9.17, 15) is 29.1 Å². The minimum absolute atomic E-state index is 0.000735. The summed E-state index contributed by atoms with van der Waals surface area (Å²) >= 11 is 6.78. The van der Waals surface area contributed by atoms with E-state index in [4.69, 9.17) is 30.5 Å². The van der Waals surface area contributed by atoms with Crippen molar-refractivity contribution in [3.05, 3.63) is 46.5 Å². The molecule has 0 unspecified atom stereocenters. The first-order valence-electron chi connectivity index (χ1n) is 19.9. The van der Waals surface area contributed by atoms with Crippen LogP contribution < -0.4 is 15.0 Å². The largest absolute Gasteiger partial charge is 0.495 e. The van der Waals surface area contributed by atoms with Crippen LogP contribution in [0, 0.1) is 17.3 Å². The predicted molar refractivity (Wildman–Crippen MR) is 234 cm³/mol. The topological polar surface area (TPSA) is 161 Å². The van der Waals surface area contributed by atoms with Crippen LogP contribution in [0.5, 0.6) is 5.75 Å². The number of allylic oxidation sites excluding steroid dienone is 3. The Labute approximate surface area is 363 Å². The molecule has 4 bridgehead atoms. The van der Waals surface area contributed by atoms with Crippen LogP contribution in [-0.4, -0.2) is 102 Å². The molecule has 0 aromatic heterocycles. The molecule has 59 heavy (non-hydrogen) atoms. The Morgan fingerprint density at radius 1 is 1.14 bits per heavy atom. The molecule has 0 radical (unpaired) electrons. The number of likely N-dealkylation sites (N-methyl/N-ethyl adjacent to an activating group) is 1. The number of benzene rings is 1. The first-order valence-corrected chi connectivity index (χ1v) is 22.4. The van der Waals surface area contributed by atoms with Gasteiger partial charge in [-0.3, -0.25) is 19.7 Å². The number of carbonyl (C=O) groups excluding carboxylic acids is 5. The Balaban J connectivity index is 1.94. The lowest BCUT2D eigenvalue weighted by molar-refractivity contribution is -0.162. The van der Waals surface area contributed by atoms with Crippen molar-refractivity contribution in [1.29, 1.82) is 0 Å². The average Bonchev–Trinajstić information content (AvgIpc) is 3.15. The molecule has 0 saturated carbocycles. The summed E-state index contributed by atoms with van der Waals surface area (Å²) in [6, 6.07) is 2.62. The number of nitrogens with zero attached hydrogens (tertiary/aromatic N) is 2. The number of halogens is 1. The van der Waals surface area contributed by atoms with Crippen molar-refractivity contribution in [1.82, 2.24) is 10.2 Å². The lowest BCUT2D eigenvalue weighted by Crippen LogP contribution is -2.63. The summed E-state index contributed by atoms with van der Waals surface area (Å²) in [4.78, 5) is 69.6. The van der Waals surface area contributed by atoms with Crippen molar-refractivity contribution >= 4 is 67.9 Å². The molecule has 0 aliphatic carbocycles. The third kappa shape index (κ3) is 13.9. The first-order chi connectivity index (χ1) is 27.3. The van der Waals surface area contributed by atoms with Crippen LogP contribution >= 0.6 is 33.2 Å². The van der Waals surface area contributed by atoms with Crippen LogP contribution in [0.15, 0.2) is 35.9 Å². The molecule has 2 N–H and O–H groups in total. The number of amides is 3. The van der Waals surface area contributed by atoms with E-state index in [2.05, 4.69) is 5.32 Å². The minimum atomic E-state index is -1.79. The SMILES string of the molecule is COc1cc2cc(c1Cl)N(C)C(=O)C[C@H](OC(=O)[C@H](C)N(C)C(=O)CCC(C)(C)SSC(=O)C(C)(C)C)[C@@H](C)C[C@H](C)[C@@H]1C[C@@](O)(NC(=O)O1)[C@H](OC)/C=C/C=C(\C)C2. The zero-order chi connectivity index (χ0) is 44.6. The molecule has 0 spiro atoms. The lowest BCUT2D eigenvalue weighted by Gasteiger charge is -2.42. The first kappa shape index (κ1) is 50.1. The summed E-state index contributed by atoms with van der Waals surface area (Å²) in [6.07, 6.45) is 3.01. The highest BCUT2D eigenvalue weighted by atomic mass is 35.5. The normalized spacial score (nSPS) is 26.7. The van der Waals surface area contributed by atoms with Gasteiger partial charge in [-0.05, 0) is 87.3 Å². The van der Waals surface area contributed by atoms with Crippen LogP contribution in [-0.2, 0) is 39.8 Å². The molecule has 2 heterocycles. The van der Waals surface area contributed by atoms with E-state index in [0.29, 0.717) is 30.7 Å². The van der Waals surface area contributed by atoms with E-state index in [1.807, 2.05) is 67.5 Å². The maximum atomic E-state index is 14.2. The molecule has 1 aromatic carbocycles. The van der Waals surface area contributed by atoms with E-state index in [1.54, 1.807) is 32.2 Å². The lowest BCUT2D eigenvalue weighted by atomic mass is 9.83. The molecular formula is C43H64ClN3O10S2. The Morgan fingerprint density at radius 3 is 2.41 bits per heavy atom. The van der Waals surface area contributed by atoms with Gasteiger partial charge in [-0.1, -0.05) is 80.8 Å². The number of rotatable bonds is 10. The third-order valence-electron chi connectivity index (χ3n) is 10.9. The second-order valence-corrected chi connectivity index (χ2v) is 20.7. The predicted octanol–water partition coefficient (Wildman–Crippen LogP) is 7.90. The Morgan fingerprint density at radius 2 is 1.80 bits per heavy atom. The Kier molecular flexibility index (Phi) is 17.9. The van der Waals surface area contributed by atoms with Gasteiger partial charge in [-0.2, -0.15) is 0 Å². The van der Waals surface area contributed by atoms with Gasteiger partial charge in [0, 0.05) is 44.2 Å². The van der Waals surface area contributed by atoms with E-state index >= 15 is 0 Å². The molecule has 1 fully saturated rings. The van der Waals surface area contributed by atoms with Crippen molar-refractivity contribution in [3.8, 4) is 5.75 Å².